The molecule has 3 rings (SSSR count). The maximum absolute atomic E-state index is 13.2. The maximum Gasteiger partial charge on any atom is 0.418 e. The lowest BCUT2D eigenvalue weighted by Crippen LogP contribution is -2.36. The van der Waals surface area contributed by atoms with Crippen LogP contribution >= 0.6 is 11.6 Å². The van der Waals surface area contributed by atoms with Crippen LogP contribution in [0.4, 0.5) is 24.5 Å². The number of carbonyl (C=O) groups is 2. The van der Waals surface area contributed by atoms with Crippen LogP contribution in [0.3, 0.4) is 0 Å². The summed E-state index contributed by atoms with van der Waals surface area (Å²) in [5.74, 6) is -1.30. The molecule has 142 valence electrons. The molecule has 8 heteroatoms. The fourth-order valence-corrected chi connectivity index (χ4v) is 2.93. The van der Waals surface area contributed by atoms with Gasteiger partial charge in [-0.1, -0.05) is 23.7 Å². The first-order valence-corrected chi connectivity index (χ1v) is 8.56. The molecule has 1 saturated carbocycles. The van der Waals surface area contributed by atoms with Crippen molar-refractivity contribution in [3.63, 3.8) is 0 Å². The van der Waals surface area contributed by atoms with Crippen LogP contribution in [0, 0.1) is 12.3 Å². The van der Waals surface area contributed by atoms with Crippen LogP contribution in [0.1, 0.15) is 24.0 Å². The zero-order valence-corrected chi connectivity index (χ0v) is 15.0. The van der Waals surface area contributed by atoms with E-state index in [1.165, 1.54) is 6.07 Å². The number of benzene rings is 2. The highest BCUT2D eigenvalue weighted by Gasteiger charge is 2.56. The average Bonchev–Trinajstić information content (AvgIpc) is 3.37. The third-order valence-corrected chi connectivity index (χ3v) is 4.67. The van der Waals surface area contributed by atoms with E-state index in [1.807, 2.05) is 13.0 Å². The third-order valence-electron chi connectivity index (χ3n) is 4.43. The Kier molecular flexibility index (Phi) is 4.90. The number of rotatable bonds is 4. The summed E-state index contributed by atoms with van der Waals surface area (Å²) in [6.07, 6.45) is -4.15. The number of amides is 2. The molecule has 2 amide bonds. The van der Waals surface area contributed by atoms with Gasteiger partial charge in [0.2, 0.25) is 11.8 Å². The Balaban J connectivity index is 1.79. The van der Waals surface area contributed by atoms with Crippen LogP contribution in [-0.4, -0.2) is 11.8 Å². The van der Waals surface area contributed by atoms with Crippen LogP contribution in [0.2, 0.25) is 5.02 Å². The standard InChI is InChI=1S/C19H16ClF3N2O2/c1-11-3-2-4-13(9-11)24-16(26)18(7-8-18)17(27)25-15-6-5-12(20)10-14(15)19(21,22)23/h2-6,9-10H,7-8H2,1H3,(H,24,26)(H,25,27). The minimum atomic E-state index is -4.69. The van der Waals surface area contributed by atoms with E-state index in [-0.39, 0.29) is 17.9 Å². The second kappa shape index (κ2) is 6.88. The molecule has 0 unspecified atom stereocenters. The van der Waals surface area contributed by atoms with Gasteiger partial charge < -0.3 is 10.6 Å². The maximum atomic E-state index is 13.2. The van der Waals surface area contributed by atoms with E-state index in [4.69, 9.17) is 11.6 Å². The van der Waals surface area contributed by atoms with Crippen molar-refractivity contribution in [1.82, 2.24) is 0 Å². The van der Waals surface area contributed by atoms with Gasteiger partial charge in [-0.15, -0.1) is 0 Å². The predicted octanol–water partition coefficient (Wildman–Crippen LogP) is 5.02. The van der Waals surface area contributed by atoms with Gasteiger partial charge in [0.25, 0.3) is 0 Å². The molecule has 1 fully saturated rings. The summed E-state index contributed by atoms with van der Waals surface area (Å²) in [6.45, 7) is 1.86. The lowest BCUT2D eigenvalue weighted by atomic mass is 10.0. The quantitative estimate of drug-likeness (QED) is 0.712. The highest BCUT2D eigenvalue weighted by molar-refractivity contribution is 6.30. The van der Waals surface area contributed by atoms with E-state index in [0.717, 1.165) is 17.7 Å². The predicted molar refractivity (Wildman–Crippen MR) is 96.6 cm³/mol. The number of hydrogen-bond acceptors (Lipinski definition) is 2. The van der Waals surface area contributed by atoms with Crippen LogP contribution in [0.15, 0.2) is 42.5 Å². The average molecular weight is 397 g/mol. The van der Waals surface area contributed by atoms with Crippen LogP contribution < -0.4 is 10.6 Å². The molecule has 27 heavy (non-hydrogen) atoms. The molecule has 2 N–H and O–H groups in total. The molecule has 0 aliphatic heterocycles. The Morgan fingerprint density at radius 3 is 2.30 bits per heavy atom. The van der Waals surface area contributed by atoms with Gasteiger partial charge in [-0.2, -0.15) is 13.2 Å². The van der Waals surface area contributed by atoms with Crippen LogP contribution in [0.25, 0.3) is 0 Å². The van der Waals surface area contributed by atoms with Crippen molar-refractivity contribution in [2.24, 2.45) is 5.41 Å². The first kappa shape index (κ1) is 19.2. The van der Waals surface area contributed by atoms with Gasteiger partial charge in [0.1, 0.15) is 5.41 Å². The van der Waals surface area contributed by atoms with E-state index in [0.29, 0.717) is 5.69 Å². The zero-order valence-electron chi connectivity index (χ0n) is 14.3. The molecule has 0 saturated heterocycles. The number of nitrogens with one attached hydrogen (secondary N) is 2. The van der Waals surface area contributed by atoms with Crippen molar-refractivity contribution in [2.75, 3.05) is 10.6 Å². The summed E-state index contributed by atoms with van der Waals surface area (Å²) < 4.78 is 39.6. The monoisotopic (exact) mass is 396 g/mol. The summed E-state index contributed by atoms with van der Waals surface area (Å²) in [5, 5.41) is 4.81. The van der Waals surface area contributed by atoms with E-state index in [1.54, 1.807) is 18.2 Å². The minimum absolute atomic E-state index is 0.0985. The molecule has 0 atom stereocenters. The molecule has 0 spiro atoms. The first-order valence-electron chi connectivity index (χ1n) is 8.18. The van der Waals surface area contributed by atoms with Crippen molar-refractivity contribution in [3.05, 3.63) is 58.6 Å². The molecule has 0 heterocycles. The fourth-order valence-electron chi connectivity index (χ4n) is 2.76. The van der Waals surface area contributed by atoms with Crippen LogP contribution in [-0.2, 0) is 15.8 Å². The molecule has 0 radical (unpaired) electrons. The highest BCUT2D eigenvalue weighted by atomic mass is 35.5. The van der Waals surface area contributed by atoms with E-state index >= 15 is 0 Å². The van der Waals surface area contributed by atoms with Gasteiger partial charge in [-0.3, -0.25) is 9.59 Å². The minimum Gasteiger partial charge on any atom is -0.325 e. The Bertz CT molecular complexity index is 908. The Morgan fingerprint density at radius 2 is 1.70 bits per heavy atom. The largest absolute Gasteiger partial charge is 0.418 e. The Labute approximate surface area is 158 Å². The molecule has 4 nitrogen and oxygen atoms in total. The summed E-state index contributed by atoms with van der Waals surface area (Å²) in [4.78, 5) is 25.1. The zero-order chi connectivity index (χ0) is 19.8. The number of alkyl halides is 3. The van der Waals surface area contributed by atoms with E-state index in [2.05, 4.69) is 10.6 Å². The van der Waals surface area contributed by atoms with Gasteiger partial charge in [-0.05, 0) is 55.7 Å². The van der Waals surface area contributed by atoms with Gasteiger partial charge in [0.05, 0.1) is 11.3 Å². The molecule has 0 bridgehead atoms. The molecular formula is C19H16ClF3N2O2. The lowest BCUT2D eigenvalue weighted by Gasteiger charge is -2.18. The number of carbonyl (C=O) groups excluding carboxylic acids is 2. The first-order chi connectivity index (χ1) is 12.6. The molecule has 1 aliphatic rings. The summed E-state index contributed by atoms with van der Waals surface area (Å²) in [5.41, 5.74) is -1.39. The number of halogens is 4. The van der Waals surface area contributed by atoms with Gasteiger partial charge in [0, 0.05) is 10.7 Å². The van der Waals surface area contributed by atoms with Gasteiger partial charge >= 0.3 is 6.18 Å². The van der Waals surface area contributed by atoms with E-state index < -0.39 is 34.7 Å². The highest BCUT2D eigenvalue weighted by Crippen LogP contribution is 2.48. The Hall–Kier alpha value is -2.54. The van der Waals surface area contributed by atoms with Crippen molar-refractivity contribution in [2.45, 2.75) is 25.9 Å². The van der Waals surface area contributed by atoms with Gasteiger partial charge in [0.15, 0.2) is 0 Å². The molecule has 0 aromatic heterocycles. The summed E-state index contributed by atoms with van der Waals surface area (Å²) in [6, 6.07) is 10.1. The van der Waals surface area contributed by atoms with Crippen molar-refractivity contribution >= 4 is 34.8 Å². The molecule has 2 aromatic carbocycles. The second-order valence-corrected chi connectivity index (χ2v) is 6.98. The third kappa shape index (κ3) is 4.08. The smallest absolute Gasteiger partial charge is 0.325 e. The Morgan fingerprint density at radius 1 is 1.04 bits per heavy atom. The molecule has 2 aromatic rings. The van der Waals surface area contributed by atoms with Crippen molar-refractivity contribution in [1.29, 1.82) is 0 Å². The topological polar surface area (TPSA) is 58.2 Å². The molecule has 1 aliphatic carbocycles. The second-order valence-electron chi connectivity index (χ2n) is 6.55. The van der Waals surface area contributed by atoms with Gasteiger partial charge in [-0.25, -0.2) is 0 Å². The summed E-state index contributed by atoms with van der Waals surface area (Å²) in [7, 11) is 0. The number of aryl methyl sites for hydroxylation is 1. The fraction of sp³-hybridized carbons (Fsp3) is 0.263. The van der Waals surface area contributed by atoms with Crippen LogP contribution in [0.5, 0.6) is 0 Å². The van der Waals surface area contributed by atoms with Crippen molar-refractivity contribution < 1.29 is 22.8 Å². The SMILES string of the molecule is Cc1cccc(NC(=O)C2(C(=O)Nc3ccc(Cl)cc3C(F)(F)F)CC2)c1. The molecular weight excluding hydrogens is 381 g/mol. The summed E-state index contributed by atoms with van der Waals surface area (Å²) >= 11 is 5.64. The number of hydrogen-bond donors (Lipinski definition) is 2. The number of anilines is 2. The van der Waals surface area contributed by atoms with E-state index in [9.17, 15) is 22.8 Å². The lowest BCUT2D eigenvalue weighted by molar-refractivity contribution is -0.137. The van der Waals surface area contributed by atoms with Crippen molar-refractivity contribution in [3.8, 4) is 0 Å². The normalized spacial score (nSPS) is 15.1.